The summed E-state index contributed by atoms with van der Waals surface area (Å²) in [5.74, 6) is -0.837. The zero-order valence-electron chi connectivity index (χ0n) is 12.4. The SMILES string of the molecule is Cc1ccc(S(=O)(=O)Nc2ccc([C@H](C)C(N)=O)cc2)cc1. The van der Waals surface area contributed by atoms with Crippen molar-refractivity contribution in [1.29, 1.82) is 0 Å². The Hall–Kier alpha value is -2.34. The van der Waals surface area contributed by atoms with E-state index in [4.69, 9.17) is 5.73 Å². The molecule has 5 nitrogen and oxygen atoms in total. The molecule has 0 fully saturated rings. The third-order valence-electron chi connectivity index (χ3n) is 3.42. The molecule has 0 radical (unpaired) electrons. The number of aryl methyl sites for hydroxylation is 1. The molecule has 1 amide bonds. The highest BCUT2D eigenvalue weighted by Crippen LogP contribution is 2.20. The lowest BCUT2D eigenvalue weighted by atomic mass is 10.0. The van der Waals surface area contributed by atoms with Gasteiger partial charge in [-0.3, -0.25) is 9.52 Å². The summed E-state index contributed by atoms with van der Waals surface area (Å²) in [6, 6.07) is 13.2. The van der Waals surface area contributed by atoms with Crippen molar-refractivity contribution in [2.45, 2.75) is 24.7 Å². The number of hydrogen-bond donors (Lipinski definition) is 2. The van der Waals surface area contributed by atoms with Crippen molar-refractivity contribution in [3.05, 3.63) is 59.7 Å². The number of amides is 1. The maximum Gasteiger partial charge on any atom is 0.261 e. The molecule has 2 aromatic rings. The van der Waals surface area contributed by atoms with Crippen molar-refractivity contribution in [2.24, 2.45) is 5.73 Å². The molecule has 0 aliphatic carbocycles. The summed E-state index contributed by atoms with van der Waals surface area (Å²) in [5, 5.41) is 0. The van der Waals surface area contributed by atoms with Crippen LogP contribution >= 0.6 is 0 Å². The van der Waals surface area contributed by atoms with Gasteiger partial charge in [0.25, 0.3) is 10.0 Å². The standard InChI is InChI=1S/C16H18N2O3S/c1-11-3-9-15(10-4-11)22(20,21)18-14-7-5-13(6-8-14)12(2)16(17)19/h3-10,12,18H,1-2H3,(H2,17,19)/t12-/m0/s1. The first kappa shape index (κ1) is 16.0. The zero-order chi connectivity index (χ0) is 16.3. The lowest BCUT2D eigenvalue weighted by Gasteiger charge is -2.11. The maximum absolute atomic E-state index is 12.3. The molecule has 0 saturated carbocycles. The van der Waals surface area contributed by atoms with Crippen LogP contribution in [0.15, 0.2) is 53.4 Å². The molecule has 2 rings (SSSR count). The van der Waals surface area contributed by atoms with Crippen LogP contribution in [0.25, 0.3) is 0 Å². The van der Waals surface area contributed by atoms with Crippen LogP contribution in [0.5, 0.6) is 0 Å². The van der Waals surface area contributed by atoms with Gasteiger partial charge < -0.3 is 5.73 Å². The summed E-state index contributed by atoms with van der Waals surface area (Å²) < 4.78 is 27.0. The molecule has 0 saturated heterocycles. The molecule has 6 heteroatoms. The van der Waals surface area contributed by atoms with Crippen LogP contribution in [-0.4, -0.2) is 14.3 Å². The van der Waals surface area contributed by atoms with Gasteiger partial charge in [0, 0.05) is 5.69 Å². The third-order valence-corrected chi connectivity index (χ3v) is 4.82. The van der Waals surface area contributed by atoms with Crippen molar-refractivity contribution in [1.82, 2.24) is 0 Å². The number of carbonyl (C=O) groups is 1. The fourth-order valence-corrected chi connectivity index (χ4v) is 2.99. The second-order valence-corrected chi connectivity index (χ2v) is 6.85. The van der Waals surface area contributed by atoms with Crippen molar-refractivity contribution in [2.75, 3.05) is 4.72 Å². The van der Waals surface area contributed by atoms with E-state index in [2.05, 4.69) is 4.72 Å². The Labute approximate surface area is 130 Å². The second kappa shape index (κ2) is 6.19. The molecule has 3 N–H and O–H groups in total. The van der Waals surface area contributed by atoms with Crippen LogP contribution in [0.1, 0.15) is 24.0 Å². The smallest absolute Gasteiger partial charge is 0.261 e. The van der Waals surface area contributed by atoms with E-state index in [9.17, 15) is 13.2 Å². The number of primary amides is 1. The summed E-state index contributed by atoms with van der Waals surface area (Å²) in [6.07, 6.45) is 0. The summed E-state index contributed by atoms with van der Waals surface area (Å²) >= 11 is 0. The highest BCUT2D eigenvalue weighted by Gasteiger charge is 2.15. The molecule has 0 heterocycles. The van der Waals surface area contributed by atoms with Crippen LogP contribution in [0, 0.1) is 6.92 Å². The average molecular weight is 318 g/mol. The quantitative estimate of drug-likeness (QED) is 0.887. The third kappa shape index (κ3) is 3.65. The highest BCUT2D eigenvalue weighted by molar-refractivity contribution is 7.92. The van der Waals surface area contributed by atoms with Gasteiger partial charge >= 0.3 is 0 Å². The van der Waals surface area contributed by atoms with Crippen molar-refractivity contribution in [3.63, 3.8) is 0 Å². The fourth-order valence-electron chi connectivity index (χ4n) is 1.94. The molecule has 0 aliphatic rings. The van der Waals surface area contributed by atoms with Crippen molar-refractivity contribution < 1.29 is 13.2 Å². The first-order chi connectivity index (χ1) is 10.3. The van der Waals surface area contributed by atoms with Gasteiger partial charge in [-0.25, -0.2) is 8.42 Å². The monoisotopic (exact) mass is 318 g/mol. The highest BCUT2D eigenvalue weighted by atomic mass is 32.2. The number of anilines is 1. The van der Waals surface area contributed by atoms with Gasteiger partial charge in [0.05, 0.1) is 10.8 Å². The average Bonchev–Trinajstić information content (AvgIpc) is 2.47. The Balaban J connectivity index is 2.20. The Kier molecular flexibility index (Phi) is 4.51. The number of benzene rings is 2. The molecule has 22 heavy (non-hydrogen) atoms. The summed E-state index contributed by atoms with van der Waals surface area (Å²) in [6.45, 7) is 3.59. The van der Waals surface area contributed by atoms with Crippen LogP contribution < -0.4 is 10.5 Å². The molecule has 0 bridgehead atoms. The number of hydrogen-bond acceptors (Lipinski definition) is 3. The molecule has 0 unspecified atom stereocenters. The van der Waals surface area contributed by atoms with Gasteiger partial charge in [0.1, 0.15) is 0 Å². The number of sulfonamides is 1. The van der Waals surface area contributed by atoms with Gasteiger partial charge in [-0.15, -0.1) is 0 Å². The Morgan fingerprint density at radius 2 is 1.59 bits per heavy atom. The molecule has 1 atom stereocenters. The molecule has 0 aliphatic heterocycles. The number of carbonyl (C=O) groups excluding carboxylic acids is 1. The van der Waals surface area contributed by atoms with E-state index in [-0.39, 0.29) is 4.90 Å². The van der Waals surface area contributed by atoms with Crippen LogP contribution in [-0.2, 0) is 14.8 Å². The van der Waals surface area contributed by atoms with E-state index in [0.29, 0.717) is 5.69 Å². The molecular weight excluding hydrogens is 300 g/mol. The van der Waals surface area contributed by atoms with Crippen molar-refractivity contribution in [3.8, 4) is 0 Å². The topological polar surface area (TPSA) is 89.3 Å². The lowest BCUT2D eigenvalue weighted by Crippen LogP contribution is -2.18. The second-order valence-electron chi connectivity index (χ2n) is 5.16. The van der Waals surface area contributed by atoms with E-state index in [0.717, 1.165) is 11.1 Å². The fraction of sp³-hybridized carbons (Fsp3) is 0.188. The summed E-state index contributed by atoms with van der Waals surface area (Å²) in [7, 11) is -3.62. The first-order valence-electron chi connectivity index (χ1n) is 6.78. The van der Waals surface area contributed by atoms with E-state index in [1.807, 2.05) is 6.92 Å². The van der Waals surface area contributed by atoms with E-state index in [1.54, 1.807) is 55.5 Å². The van der Waals surface area contributed by atoms with Crippen LogP contribution in [0.2, 0.25) is 0 Å². The van der Waals surface area contributed by atoms with Gasteiger partial charge in [0.2, 0.25) is 5.91 Å². The minimum Gasteiger partial charge on any atom is -0.369 e. The van der Waals surface area contributed by atoms with Gasteiger partial charge in [-0.1, -0.05) is 29.8 Å². The normalized spacial score (nSPS) is 12.6. The van der Waals surface area contributed by atoms with Gasteiger partial charge in [0.15, 0.2) is 0 Å². The number of nitrogens with one attached hydrogen (secondary N) is 1. The van der Waals surface area contributed by atoms with Gasteiger partial charge in [-0.05, 0) is 43.7 Å². The predicted octanol–water partition coefficient (Wildman–Crippen LogP) is 2.38. The maximum atomic E-state index is 12.3. The predicted molar refractivity (Wildman–Crippen MR) is 86.0 cm³/mol. The van der Waals surface area contributed by atoms with Crippen molar-refractivity contribution >= 4 is 21.6 Å². The Morgan fingerprint density at radius 3 is 2.09 bits per heavy atom. The Morgan fingerprint density at radius 1 is 1.05 bits per heavy atom. The van der Waals surface area contributed by atoms with Gasteiger partial charge in [-0.2, -0.15) is 0 Å². The molecule has 0 spiro atoms. The molecular formula is C16H18N2O3S. The Bertz CT molecular complexity index is 766. The van der Waals surface area contributed by atoms with E-state index >= 15 is 0 Å². The summed E-state index contributed by atoms with van der Waals surface area (Å²) in [4.78, 5) is 11.3. The van der Waals surface area contributed by atoms with Crippen LogP contribution in [0.4, 0.5) is 5.69 Å². The molecule has 0 aromatic heterocycles. The first-order valence-corrected chi connectivity index (χ1v) is 8.26. The number of rotatable bonds is 5. The largest absolute Gasteiger partial charge is 0.369 e. The van der Waals surface area contributed by atoms with E-state index in [1.165, 1.54) is 0 Å². The molecule has 2 aromatic carbocycles. The summed E-state index contributed by atoms with van der Waals surface area (Å²) in [5.41, 5.74) is 7.41. The minimum absolute atomic E-state index is 0.202. The zero-order valence-corrected chi connectivity index (χ0v) is 13.2. The lowest BCUT2D eigenvalue weighted by molar-refractivity contribution is -0.119. The van der Waals surface area contributed by atoms with E-state index < -0.39 is 21.8 Å². The molecule has 116 valence electrons. The van der Waals surface area contributed by atoms with Crippen LogP contribution in [0.3, 0.4) is 0 Å². The minimum atomic E-state index is -3.62. The number of nitrogens with two attached hydrogens (primary N) is 1.